The van der Waals surface area contributed by atoms with Gasteiger partial charge in [-0.3, -0.25) is 13.9 Å². The molecule has 0 aromatic heterocycles. The Morgan fingerprint density at radius 2 is 1.52 bits per heavy atom. The van der Waals surface area contributed by atoms with Crippen LogP contribution in [-0.4, -0.2) is 51.4 Å². The third-order valence-corrected chi connectivity index (χ3v) is 9.93. The third-order valence-electron chi connectivity index (χ3n) is 7.62. The number of aryl methyl sites for hydroxylation is 1. The number of methoxy groups -OCH3 is 1. The maximum atomic E-state index is 14.5. The molecule has 0 radical (unpaired) electrons. The largest absolute Gasteiger partial charge is 0.497 e. The number of nitrogens with zero attached hydrogens (tertiary/aromatic N) is 2. The molecule has 4 rings (SSSR count). The first-order valence-corrected chi connectivity index (χ1v) is 17.4. The highest BCUT2D eigenvalue weighted by Gasteiger charge is 2.34. The Labute approximate surface area is 280 Å². The Bertz CT molecular complexity index is 1680. The summed E-state index contributed by atoms with van der Waals surface area (Å²) in [5.74, 6) is -0.287. The summed E-state index contributed by atoms with van der Waals surface area (Å²) in [5, 5.41) is 3.01. The fourth-order valence-corrected chi connectivity index (χ4v) is 6.64. The van der Waals surface area contributed by atoms with Gasteiger partial charge in [-0.2, -0.15) is 0 Å². The van der Waals surface area contributed by atoms with Gasteiger partial charge in [-0.15, -0.1) is 0 Å². The van der Waals surface area contributed by atoms with Crippen LogP contribution < -0.4 is 14.4 Å². The van der Waals surface area contributed by atoms with Crippen molar-refractivity contribution in [3.63, 3.8) is 0 Å². The molecule has 0 spiro atoms. The van der Waals surface area contributed by atoms with Crippen LogP contribution in [0.4, 0.5) is 5.69 Å². The van der Waals surface area contributed by atoms with Crippen LogP contribution in [0.25, 0.3) is 0 Å². The van der Waals surface area contributed by atoms with Gasteiger partial charge in [-0.1, -0.05) is 89.4 Å². The predicted octanol–water partition coefficient (Wildman–Crippen LogP) is 6.52. The van der Waals surface area contributed by atoms with Crippen molar-refractivity contribution in [2.45, 2.75) is 50.6 Å². The number of carbonyl (C=O) groups is 2. The average molecular weight is 707 g/mol. The number of nitrogens with one attached hydrogen (secondary N) is 1. The van der Waals surface area contributed by atoms with E-state index < -0.39 is 28.5 Å². The van der Waals surface area contributed by atoms with Gasteiger partial charge in [0.15, 0.2) is 0 Å². The first-order chi connectivity index (χ1) is 22.1. The zero-order valence-corrected chi connectivity index (χ0v) is 28.8. The van der Waals surface area contributed by atoms with Crippen LogP contribution >= 0.6 is 15.9 Å². The Hall–Kier alpha value is -4.15. The fraction of sp³-hybridized carbons (Fsp3) is 0.278. The molecule has 0 saturated carbocycles. The first-order valence-electron chi connectivity index (χ1n) is 15.2. The van der Waals surface area contributed by atoms with Crippen molar-refractivity contribution < 1.29 is 22.7 Å². The van der Waals surface area contributed by atoms with E-state index in [0.717, 1.165) is 38.3 Å². The smallest absolute Gasteiger partial charge is 0.264 e. The van der Waals surface area contributed by atoms with Crippen molar-refractivity contribution >= 4 is 43.5 Å². The van der Waals surface area contributed by atoms with E-state index in [0.29, 0.717) is 18.0 Å². The number of unbranched alkanes of at least 4 members (excludes halogenated alkanes) is 1. The quantitative estimate of drug-likeness (QED) is 0.142. The summed E-state index contributed by atoms with van der Waals surface area (Å²) < 4.78 is 35.6. The van der Waals surface area contributed by atoms with Crippen molar-refractivity contribution in [2.75, 3.05) is 24.5 Å². The lowest BCUT2D eigenvalue weighted by Crippen LogP contribution is -2.53. The molecule has 0 heterocycles. The van der Waals surface area contributed by atoms with Crippen LogP contribution in [0.15, 0.2) is 112 Å². The van der Waals surface area contributed by atoms with Crippen molar-refractivity contribution in [1.82, 2.24) is 10.2 Å². The van der Waals surface area contributed by atoms with Crippen LogP contribution in [0.1, 0.15) is 36.5 Å². The SMILES string of the molecule is CCCCNC(=O)[C@H](Cc1ccccc1)N(Cc1ccc(Br)cc1)C(=O)CN(c1ccc(C)cc1)S(=O)(=O)c1ccc(OC)cc1. The Morgan fingerprint density at radius 3 is 2.13 bits per heavy atom. The molecule has 2 amide bonds. The molecule has 8 nitrogen and oxygen atoms in total. The second-order valence-corrected chi connectivity index (χ2v) is 13.8. The number of ether oxygens (including phenoxy) is 1. The molecule has 0 aliphatic heterocycles. The lowest BCUT2D eigenvalue weighted by molar-refractivity contribution is -0.140. The Morgan fingerprint density at radius 1 is 0.870 bits per heavy atom. The molecule has 242 valence electrons. The monoisotopic (exact) mass is 705 g/mol. The number of benzene rings is 4. The van der Waals surface area contributed by atoms with Crippen LogP contribution in [0.2, 0.25) is 0 Å². The van der Waals surface area contributed by atoms with Crippen molar-refractivity contribution in [2.24, 2.45) is 0 Å². The Balaban J connectivity index is 1.78. The molecule has 10 heteroatoms. The summed E-state index contributed by atoms with van der Waals surface area (Å²) in [5.41, 5.74) is 2.97. The topological polar surface area (TPSA) is 96.0 Å². The molecular weight excluding hydrogens is 666 g/mol. The van der Waals surface area contributed by atoms with Crippen molar-refractivity contribution in [3.05, 3.63) is 124 Å². The fourth-order valence-electron chi connectivity index (χ4n) is 4.96. The van der Waals surface area contributed by atoms with Gasteiger partial charge in [0.25, 0.3) is 10.0 Å². The molecule has 4 aromatic carbocycles. The highest BCUT2D eigenvalue weighted by Crippen LogP contribution is 2.27. The summed E-state index contributed by atoms with van der Waals surface area (Å²) in [6.07, 6.45) is 1.96. The van der Waals surface area contributed by atoms with Gasteiger partial charge in [0.05, 0.1) is 17.7 Å². The van der Waals surface area contributed by atoms with E-state index in [1.807, 2.05) is 68.4 Å². The van der Waals surface area contributed by atoms with Crippen molar-refractivity contribution in [3.8, 4) is 5.75 Å². The second kappa shape index (κ2) is 16.4. The van der Waals surface area contributed by atoms with Crippen LogP contribution in [0, 0.1) is 6.92 Å². The van der Waals surface area contributed by atoms with Gasteiger partial charge in [0, 0.05) is 24.0 Å². The number of hydrogen-bond acceptors (Lipinski definition) is 5. The second-order valence-electron chi connectivity index (χ2n) is 11.0. The molecular formula is C36H40BrN3O5S. The minimum absolute atomic E-state index is 0.0132. The van der Waals surface area contributed by atoms with E-state index in [1.54, 1.807) is 36.4 Å². The molecule has 4 aromatic rings. The van der Waals surface area contributed by atoms with E-state index in [2.05, 4.69) is 21.2 Å². The van der Waals surface area contributed by atoms with Gasteiger partial charge in [-0.05, 0) is 73.0 Å². The lowest BCUT2D eigenvalue weighted by Gasteiger charge is -2.34. The number of amides is 2. The van der Waals surface area contributed by atoms with E-state index in [9.17, 15) is 18.0 Å². The van der Waals surface area contributed by atoms with Gasteiger partial charge in [0.2, 0.25) is 11.8 Å². The molecule has 0 saturated heterocycles. The molecule has 0 bridgehead atoms. The summed E-state index contributed by atoms with van der Waals surface area (Å²) in [6.45, 7) is 4.02. The zero-order valence-electron chi connectivity index (χ0n) is 26.4. The molecule has 0 aliphatic rings. The molecule has 1 atom stereocenters. The van der Waals surface area contributed by atoms with Gasteiger partial charge in [0.1, 0.15) is 18.3 Å². The number of carbonyl (C=O) groups excluding carboxylic acids is 2. The molecule has 0 fully saturated rings. The van der Waals surface area contributed by atoms with Crippen LogP contribution in [0.5, 0.6) is 5.75 Å². The molecule has 1 N–H and O–H groups in total. The molecule has 0 unspecified atom stereocenters. The minimum atomic E-state index is -4.20. The van der Waals surface area contributed by atoms with Gasteiger partial charge < -0.3 is 15.0 Å². The highest BCUT2D eigenvalue weighted by molar-refractivity contribution is 9.10. The summed E-state index contributed by atoms with van der Waals surface area (Å²) in [4.78, 5) is 29.9. The zero-order chi connectivity index (χ0) is 33.1. The number of sulfonamides is 1. The third kappa shape index (κ3) is 9.20. The normalized spacial score (nSPS) is 11.8. The minimum Gasteiger partial charge on any atom is -0.497 e. The van der Waals surface area contributed by atoms with E-state index in [1.165, 1.54) is 24.1 Å². The predicted molar refractivity (Wildman–Crippen MR) is 185 cm³/mol. The summed E-state index contributed by atoms with van der Waals surface area (Å²) >= 11 is 3.46. The average Bonchev–Trinajstić information content (AvgIpc) is 3.07. The molecule has 0 aliphatic carbocycles. The van der Waals surface area contributed by atoms with E-state index >= 15 is 0 Å². The number of anilines is 1. The van der Waals surface area contributed by atoms with Crippen LogP contribution in [0.3, 0.4) is 0 Å². The first kappa shape index (κ1) is 34.7. The van der Waals surface area contributed by atoms with Gasteiger partial charge >= 0.3 is 0 Å². The number of halogens is 1. The Kier molecular flexibility index (Phi) is 12.4. The van der Waals surface area contributed by atoms with Crippen molar-refractivity contribution in [1.29, 1.82) is 0 Å². The highest BCUT2D eigenvalue weighted by atomic mass is 79.9. The number of rotatable bonds is 15. The maximum absolute atomic E-state index is 14.5. The van der Waals surface area contributed by atoms with E-state index in [-0.39, 0.29) is 23.8 Å². The standard InChI is InChI=1S/C36H40BrN3O5S/c1-4-5-23-38-36(42)34(24-28-9-7-6-8-10-28)39(25-29-13-15-30(37)16-14-29)35(41)26-40(31-17-11-27(2)12-18-31)46(43,44)33-21-19-32(45-3)20-22-33/h6-22,34H,4-5,23-26H2,1-3H3,(H,38,42)/t34-/m0/s1. The maximum Gasteiger partial charge on any atom is 0.264 e. The number of hydrogen-bond donors (Lipinski definition) is 1. The summed E-state index contributed by atoms with van der Waals surface area (Å²) in [7, 11) is -2.69. The van der Waals surface area contributed by atoms with Gasteiger partial charge in [-0.25, -0.2) is 8.42 Å². The van der Waals surface area contributed by atoms with Crippen LogP contribution in [-0.2, 0) is 32.6 Å². The molecule has 46 heavy (non-hydrogen) atoms. The lowest BCUT2D eigenvalue weighted by atomic mass is 10.0. The summed E-state index contributed by atoms with van der Waals surface area (Å²) in [6, 6.07) is 29.1. The van der Waals surface area contributed by atoms with E-state index in [4.69, 9.17) is 4.74 Å².